The number of hydrogen-bond acceptors (Lipinski definition) is 5. The molecule has 0 atom stereocenters. The standard InChI is InChI=1S/C16H23N3O3S/c1-4-5-6-7-19-10-17-14-12(15(19)21)11(2)13(23-14)16(22)18(3)8-9-20/h10,20H,4-9H2,1-3H3. The van der Waals surface area contributed by atoms with E-state index in [1.165, 1.54) is 16.2 Å². The number of aliphatic hydroxyl groups is 1. The van der Waals surface area contributed by atoms with Crippen LogP contribution in [-0.4, -0.2) is 45.7 Å². The highest BCUT2D eigenvalue weighted by atomic mass is 32.1. The second kappa shape index (κ2) is 7.70. The van der Waals surface area contributed by atoms with Crippen molar-refractivity contribution < 1.29 is 9.90 Å². The Morgan fingerprint density at radius 2 is 2.17 bits per heavy atom. The Morgan fingerprint density at radius 3 is 2.83 bits per heavy atom. The van der Waals surface area contributed by atoms with Crippen molar-refractivity contribution in [1.29, 1.82) is 0 Å². The summed E-state index contributed by atoms with van der Waals surface area (Å²) in [5.41, 5.74) is 0.603. The van der Waals surface area contributed by atoms with Gasteiger partial charge in [-0.15, -0.1) is 11.3 Å². The smallest absolute Gasteiger partial charge is 0.264 e. The fourth-order valence-electron chi connectivity index (χ4n) is 2.48. The van der Waals surface area contributed by atoms with E-state index in [1.54, 1.807) is 24.9 Å². The number of carbonyl (C=O) groups is 1. The molecule has 1 N–H and O–H groups in total. The van der Waals surface area contributed by atoms with Gasteiger partial charge in [-0.3, -0.25) is 14.2 Å². The first-order valence-corrected chi connectivity index (χ1v) is 8.67. The van der Waals surface area contributed by atoms with Crippen molar-refractivity contribution in [2.75, 3.05) is 20.2 Å². The quantitative estimate of drug-likeness (QED) is 0.784. The molecule has 0 aliphatic heterocycles. The molecular formula is C16H23N3O3S. The molecular weight excluding hydrogens is 314 g/mol. The van der Waals surface area contributed by atoms with Gasteiger partial charge in [0, 0.05) is 20.1 Å². The van der Waals surface area contributed by atoms with Crippen LogP contribution in [0.4, 0.5) is 0 Å². The Hall–Kier alpha value is -1.73. The molecule has 0 saturated carbocycles. The van der Waals surface area contributed by atoms with Gasteiger partial charge in [0.25, 0.3) is 11.5 Å². The molecule has 0 fully saturated rings. The van der Waals surface area contributed by atoms with Gasteiger partial charge in [0.05, 0.1) is 23.2 Å². The van der Waals surface area contributed by atoms with Gasteiger partial charge in [-0.2, -0.15) is 0 Å². The lowest BCUT2D eigenvalue weighted by molar-refractivity contribution is 0.0771. The third kappa shape index (κ3) is 3.61. The lowest BCUT2D eigenvalue weighted by atomic mass is 10.2. The number of aryl methyl sites for hydroxylation is 2. The van der Waals surface area contributed by atoms with Crippen LogP contribution in [0.2, 0.25) is 0 Å². The fraction of sp³-hybridized carbons (Fsp3) is 0.562. The lowest BCUT2D eigenvalue weighted by Crippen LogP contribution is -2.29. The maximum atomic E-state index is 12.6. The van der Waals surface area contributed by atoms with Gasteiger partial charge in [0.15, 0.2) is 0 Å². The first-order valence-electron chi connectivity index (χ1n) is 7.86. The van der Waals surface area contributed by atoms with Crippen molar-refractivity contribution in [3.8, 4) is 0 Å². The van der Waals surface area contributed by atoms with Gasteiger partial charge < -0.3 is 10.0 Å². The van der Waals surface area contributed by atoms with E-state index in [1.807, 2.05) is 0 Å². The summed E-state index contributed by atoms with van der Waals surface area (Å²) in [5.74, 6) is -0.184. The first-order chi connectivity index (χ1) is 11.0. The van der Waals surface area contributed by atoms with Gasteiger partial charge in [-0.05, 0) is 18.9 Å². The molecule has 23 heavy (non-hydrogen) atoms. The highest BCUT2D eigenvalue weighted by molar-refractivity contribution is 7.20. The van der Waals surface area contributed by atoms with Crippen LogP contribution in [0.1, 0.15) is 41.4 Å². The van der Waals surface area contributed by atoms with Crippen LogP contribution >= 0.6 is 11.3 Å². The van der Waals surface area contributed by atoms with Gasteiger partial charge in [-0.1, -0.05) is 19.8 Å². The largest absolute Gasteiger partial charge is 0.395 e. The summed E-state index contributed by atoms with van der Waals surface area (Å²) in [7, 11) is 1.64. The molecule has 0 spiro atoms. The normalized spacial score (nSPS) is 11.1. The average Bonchev–Trinajstić information content (AvgIpc) is 2.87. The van der Waals surface area contributed by atoms with E-state index in [0.717, 1.165) is 19.3 Å². The van der Waals surface area contributed by atoms with E-state index < -0.39 is 0 Å². The van der Waals surface area contributed by atoms with Crippen molar-refractivity contribution >= 4 is 27.5 Å². The number of hydrogen-bond donors (Lipinski definition) is 1. The molecule has 0 aliphatic rings. The highest BCUT2D eigenvalue weighted by Crippen LogP contribution is 2.27. The van der Waals surface area contributed by atoms with Crippen molar-refractivity contribution in [1.82, 2.24) is 14.5 Å². The summed E-state index contributed by atoms with van der Waals surface area (Å²) in [5, 5.41) is 9.51. The maximum absolute atomic E-state index is 12.6. The Bertz CT molecular complexity index is 751. The Labute approximate surface area is 139 Å². The highest BCUT2D eigenvalue weighted by Gasteiger charge is 2.21. The van der Waals surface area contributed by atoms with Crippen LogP contribution in [-0.2, 0) is 6.54 Å². The molecule has 2 aromatic rings. The molecule has 6 nitrogen and oxygen atoms in total. The molecule has 2 aromatic heterocycles. The number of unbranched alkanes of at least 4 members (excludes halogenated alkanes) is 2. The summed E-state index contributed by atoms with van der Waals surface area (Å²) in [6, 6.07) is 0. The third-order valence-corrected chi connectivity index (χ3v) is 5.08. The summed E-state index contributed by atoms with van der Waals surface area (Å²) < 4.78 is 1.63. The number of amides is 1. The van der Waals surface area contributed by atoms with Crippen molar-refractivity contribution in [3.63, 3.8) is 0 Å². The minimum atomic E-state index is -0.184. The molecule has 7 heteroatoms. The van der Waals surface area contributed by atoms with Crippen molar-refractivity contribution in [2.24, 2.45) is 0 Å². The fourth-order valence-corrected chi connectivity index (χ4v) is 3.61. The molecule has 2 heterocycles. The number of nitrogens with zero attached hydrogens (tertiary/aromatic N) is 3. The Kier molecular flexibility index (Phi) is 5.90. The van der Waals surface area contributed by atoms with Crippen LogP contribution in [0.3, 0.4) is 0 Å². The Balaban J connectivity index is 2.40. The van der Waals surface area contributed by atoms with E-state index >= 15 is 0 Å². The zero-order valence-corrected chi connectivity index (χ0v) is 14.7. The van der Waals surface area contributed by atoms with Gasteiger partial charge in [0.1, 0.15) is 4.83 Å². The molecule has 0 saturated heterocycles. The predicted octanol–water partition coefficient (Wildman–Crippen LogP) is 2.02. The van der Waals surface area contributed by atoms with Crippen LogP contribution < -0.4 is 5.56 Å². The number of aliphatic hydroxyl groups excluding tert-OH is 1. The van der Waals surface area contributed by atoms with Crippen LogP contribution in [0.25, 0.3) is 10.2 Å². The van der Waals surface area contributed by atoms with E-state index in [9.17, 15) is 9.59 Å². The van der Waals surface area contributed by atoms with Crippen molar-refractivity contribution in [3.05, 3.63) is 27.1 Å². The molecule has 2 rings (SSSR count). The van der Waals surface area contributed by atoms with Crippen LogP contribution in [0.5, 0.6) is 0 Å². The zero-order valence-electron chi connectivity index (χ0n) is 13.8. The summed E-state index contributed by atoms with van der Waals surface area (Å²) >= 11 is 1.24. The molecule has 0 unspecified atom stereocenters. The lowest BCUT2D eigenvalue weighted by Gasteiger charge is -2.14. The second-order valence-corrected chi connectivity index (χ2v) is 6.64. The summed E-state index contributed by atoms with van der Waals surface area (Å²) in [6.45, 7) is 4.74. The number of rotatable bonds is 7. The van der Waals surface area contributed by atoms with Crippen LogP contribution in [0.15, 0.2) is 11.1 Å². The van der Waals surface area contributed by atoms with Gasteiger partial charge >= 0.3 is 0 Å². The minimum Gasteiger partial charge on any atom is -0.395 e. The van der Waals surface area contributed by atoms with E-state index in [2.05, 4.69) is 11.9 Å². The number of fused-ring (bicyclic) bond motifs is 1. The minimum absolute atomic E-state index is 0.0799. The molecule has 126 valence electrons. The third-order valence-electron chi connectivity index (χ3n) is 3.90. The van der Waals surface area contributed by atoms with E-state index in [0.29, 0.717) is 27.2 Å². The second-order valence-electron chi connectivity index (χ2n) is 5.64. The zero-order chi connectivity index (χ0) is 17.0. The molecule has 1 amide bonds. The van der Waals surface area contributed by atoms with Gasteiger partial charge in [0.2, 0.25) is 0 Å². The number of carbonyl (C=O) groups excluding carboxylic acids is 1. The summed E-state index contributed by atoms with van der Waals surface area (Å²) in [4.78, 5) is 32.0. The molecule has 0 radical (unpaired) electrons. The number of likely N-dealkylation sites (N-methyl/N-ethyl adjacent to an activating group) is 1. The van der Waals surface area contributed by atoms with Crippen molar-refractivity contribution in [2.45, 2.75) is 39.7 Å². The SMILES string of the molecule is CCCCCn1cnc2sc(C(=O)N(C)CCO)c(C)c2c1=O. The average molecular weight is 337 g/mol. The predicted molar refractivity (Wildman–Crippen MR) is 92.2 cm³/mol. The number of thiophene rings is 1. The summed E-state index contributed by atoms with van der Waals surface area (Å²) in [6.07, 6.45) is 4.68. The van der Waals surface area contributed by atoms with E-state index in [-0.39, 0.29) is 24.6 Å². The van der Waals surface area contributed by atoms with Crippen LogP contribution in [0, 0.1) is 6.92 Å². The monoisotopic (exact) mass is 337 g/mol. The molecule has 0 aromatic carbocycles. The first kappa shape index (κ1) is 17.6. The Morgan fingerprint density at radius 1 is 1.43 bits per heavy atom. The topological polar surface area (TPSA) is 75.4 Å². The van der Waals surface area contributed by atoms with E-state index in [4.69, 9.17) is 5.11 Å². The molecule has 0 bridgehead atoms. The maximum Gasteiger partial charge on any atom is 0.264 e. The van der Waals surface area contributed by atoms with Gasteiger partial charge in [-0.25, -0.2) is 4.98 Å². The molecule has 0 aliphatic carbocycles. The number of aromatic nitrogens is 2.